The summed E-state index contributed by atoms with van der Waals surface area (Å²) >= 11 is 0. The van der Waals surface area contributed by atoms with Crippen LogP contribution in [0.4, 0.5) is 13.2 Å². The first-order valence-corrected chi connectivity index (χ1v) is 9.67. The van der Waals surface area contributed by atoms with E-state index in [-0.39, 0.29) is 23.5 Å². The normalized spacial score (nSPS) is 19.6. The van der Waals surface area contributed by atoms with Gasteiger partial charge in [0.15, 0.2) is 0 Å². The van der Waals surface area contributed by atoms with Gasteiger partial charge in [0.05, 0.1) is 0 Å². The Kier molecular flexibility index (Phi) is 6.15. The summed E-state index contributed by atoms with van der Waals surface area (Å²) in [5, 5.41) is 0. The van der Waals surface area contributed by atoms with Gasteiger partial charge in [-0.05, 0) is 55.9 Å². The summed E-state index contributed by atoms with van der Waals surface area (Å²) < 4.78 is 40.5. The predicted octanol–water partition coefficient (Wildman–Crippen LogP) is 3.70. The number of ether oxygens (including phenoxy) is 1. The average molecular weight is 398 g/mol. The standard InChI is InChI=1S/C20H25F3N2O3/c1-14-6-10-24(11-7-14)19(27)16-8-12-25(13-9-16)18(26)15-2-4-17(5-3-15)28-20(21,22)23/h2-5,14,16H,6-13H2,1H3. The maximum absolute atomic E-state index is 12.7. The second-order valence-corrected chi connectivity index (χ2v) is 7.65. The van der Waals surface area contributed by atoms with Crippen LogP contribution in [0.25, 0.3) is 0 Å². The Morgan fingerprint density at radius 3 is 2.00 bits per heavy atom. The van der Waals surface area contributed by atoms with Gasteiger partial charge in [-0.25, -0.2) is 0 Å². The van der Waals surface area contributed by atoms with Crippen LogP contribution in [0.3, 0.4) is 0 Å². The molecule has 0 aliphatic carbocycles. The van der Waals surface area contributed by atoms with Crippen LogP contribution in [0.1, 0.15) is 43.0 Å². The molecule has 0 atom stereocenters. The average Bonchev–Trinajstić information content (AvgIpc) is 2.67. The van der Waals surface area contributed by atoms with Gasteiger partial charge < -0.3 is 14.5 Å². The number of rotatable bonds is 3. The molecule has 2 heterocycles. The van der Waals surface area contributed by atoms with E-state index >= 15 is 0 Å². The van der Waals surface area contributed by atoms with Crippen LogP contribution in [0.2, 0.25) is 0 Å². The number of piperidine rings is 2. The largest absolute Gasteiger partial charge is 0.573 e. The smallest absolute Gasteiger partial charge is 0.406 e. The highest BCUT2D eigenvalue weighted by atomic mass is 19.4. The van der Waals surface area contributed by atoms with Crippen molar-refractivity contribution in [3.05, 3.63) is 29.8 Å². The summed E-state index contributed by atoms with van der Waals surface area (Å²) in [6.07, 6.45) is -1.45. The van der Waals surface area contributed by atoms with Crippen molar-refractivity contribution < 1.29 is 27.5 Å². The van der Waals surface area contributed by atoms with Gasteiger partial charge in [0.1, 0.15) is 5.75 Å². The summed E-state index contributed by atoms with van der Waals surface area (Å²) in [6, 6.07) is 4.92. The Hall–Kier alpha value is -2.25. The molecule has 0 bridgehead atoms. The fourth-order valence-electron chi connectivity index (χ4n) is 3.80. The maximum Gasteiger partial charge on any atom is 0.573 e. The molecule has 3 rings (SSSR count). The highest BCUT2D eigenvalue weighted by Crippen LogP contribution is 2.26. The number of halogens is 3. The molecule has 1 aromatic carbocycles. The molecule has 0 saturated carbocycles. The number of nitrogens with zero attached hydrogens (tertiary/aromatic N) is 2. The van der Waals surface area contributed by atoms with Crippen molar-refractivity contribution >= 4 is 11.8 Å². The summed E-state index contributed by atoms with van der Waals surface area (Å²) in [5.74, 6) is 0.199. The lowest BCUT2D eigenvalue weighted by atomic mass is 9.92. The van der Waals surface area contributed by atoms with E-state index in [1.165, 1.54) is 12.1 Å². The molecule has 0 spiro atoms. The fourth-order valence-corrected chi connectivity index (χ4v) is 3.80. The van der Waals surface area contributed by atoms with Gasteiger partial charge in [-0.2, -0.15) is 0 Å². The van der Waals surface area contributed by atoms with Gasteiger partial charge in [-0.1, -0.05) is 6.92 Å². The first-order chi connectivity index (χ1) is 13.2. The van der Waals surface area contributed by atoms with E-state index in [0.717, 1.165) is 38.1 Å². The molecule has 2 aliphatic heterocycles. The minimum absolute atomic E-state index is 0.0555. The molecule has 154 valence electrons. The lowest BCUT2D eigenvalue weighted by Gasteiger charge is -2.36. The van der Waals surface area contributed by atoms with E-state index in [9.17, 15) is 22.8 Å². The van der Waals surface area contributed by atoms with Gasteiger partial charge in [0, 0.05) is 37.7 Å². The molecule has 2 aliphatic rings. The summed E-state index contributed by atoms with van der Waals surface area (Å²) in [4.78, 5) is 28.9. The van der Waals surface area contributed by atoms with Gasteiger partial charge >= 0.3 is 6.36 Å². The van der Waals surface area contributed by atoms with Crippen molar-refractivity contribution in [3.63, 3.8) is 0 Å². The van der Waals surface area contributed by atoms with E-state index in [1.807, 2.05) is 4.90 Å². The number of amides is 2. The Morgan fingerprint density at radius 1 is 0.929 bits per heavy atom. The first-order valence-electron chi connectivity index (χ1n) is 9.67. The molecule has 0 N–H and O–H groups in total. The zero-order valence-electron chi connectivity index (χ0n) is 15.9. The zero-order valence-corrected chi connectivity index (χ0v) is 15.9. The van der Waals surface area contributed by atoms with Crippen LogP contribution >= 0.6 is 0 Å². The predicted molar refractivity (Wildman–Crippen MR) is 96.7 cm³/mol. The first kappa shape index (κ1) is 20.5. The Morgan fingerprint density at radius 2 is 1.46 bits per heavy atom. The van der Waals surface area contributed by atoms with Crippen molar-refractivity contribution in [2.24, 2.45) is 11.8 Å². The quantitative estimate of drug-likeness (QED) is 0.780. The Labute approximate surface area is 162 Å². The molecule has 2 fully saturated rings. The minimum atomic E-state index is -4.76. The van der Waals surface area contributed by atoms with E-state index in [4.69, 9.17) is 0 Å². The van der Waals surface area contributed by atoms with E-state index in [0.29, 0.717) is 37.4 Å². The van der Waals surface area contributed by atoms with Crippen LogP contribution in [0.15, 0.2) is 24.3 Å². The molecule has 5 nitrogen and oxygen atoms in total. The van der Waals surface area contributed by atoms with Crippen LogP contribution in [0, 0.1) is 11.8 Å². The number of carbonyl (C=O) groups excluding carboxylic acids is 2. The SMILES string of the molecule is CC1CCN(C(=O)C2CCN(C(=O)c3ccc(OC(F)(F)F)cc3)CC2)CC1. The van der Waals surface area contributed by atoms with Crippen molar-refractivity contribution in [1.29, 1.82) is 0 Å². The number of hydrogen-bond donors (Lipinski definition) is 0. The second kappa shape index (κ2) is 8.41. The molecule has 2 saturated heterocycles. The van der Waals surface area contributed by atoms with Crippen molar-refractivity contribution in [1.82, 2.24) is 9.80 Å². The summed E-state index contributed by atoms with van der Waals surface area (Å²) in [7, 11) is 0. The molecular formula is C20H25F3N2O3. The Bertz CT molecular complexity index is 690. The third-order valence-electron chi connectivity index (χ3n) is 5.56. The third kappa shape index (κ3) is 5.17. The molecule has 2 amide bonds. The molecule has 28 heavy (non-hydrogen) atoms. The number of hydrogen-bond acceptors (Lipinski definition) is 3. The maximum atomic E-state index is 12.7. The van der Waals surface area contributed by atoms with E-state index < -0.39 is 6.36 Å². The van der Waals surface area contributed by atoms with Crippen molar-refractivity contribution in [2.45, 2.75) is 39.0 Å². The molecule has 0 radical (unpaired) electrons. The number of benzene rings is 1. The molecule has 8 heteroatoms. The molecular weight excluding hydrogens is 373 g/mol. The van der Waals surface area contributed by atoms with E-state index in [1.54, 1.807) is 4.90 Å². The fraction of sp³-hybridized carbons (Fsp3) is 0.600. The number of carbonyl (C=O) groups is 2. The van der Waals surface area contributed by atoms with Gasteiger partial charge in [-0.3, -0.25) is 9.59 Å². The molecule has 0 unspecified atom stereocenters. The van der Waals surface area contributed by atoms with Gasteiger partial charge in [-0.15, -0.1) is 13.2 Å². The topological polar surface area (TPSA) is 49.9 Å². The molecule has 1 aromatic rings. The Balaban J connectivity index is 1.51. The van der Waals surface area contributed by atoms with Crippen molar-refractivity contribution in [3.8, 4) is 5.75 Å². The molecule has 0 aromatic heterocycles. The van der Waals surface area contributed by atoms with Crippen LogP contribution in [-0.4, -0.2) is 54.2 Å². The van der Waals surface area contributed by atoms with Gasteiger partial charge in [0.2, 0.25) is 5.91 Å². The second-order valence-electron chi connectivity index (χ2n) is 7.65. The van der Waals surface area contributed by atoms with E-state index in [2.05, 4.69) is 11.7 Å². The lowest BCUT2D eigenvalue weighted by Crippen LogP contribution is -2.46. The third-order valence-corrected chi connectivity index (χ3v) is 5.56. The zero-order chi connectivity index (χ0) is 20.3. The van der Waals surface area contributed by atoms with Crippen molar-refractivity contribution in [2.75, 3.05) is 26.2 Å². The number of alkyl halides is 3. The monoisotopic (exact) mass is 398 g/mol. The van der Waals surface area contributed by atoms with Gasteiger partial charge in [0.25, 0.3) is 5.91 Å². The number of likely N-dealkylation sites (tertiary alicyclic amines) is 2. The lowest BCUT2D eigenvalue weighted by molar-refractivity contribution is -0.274. The highest BCUT2D eigenvalue weighted by molar-refractivity contribution is 5.94. The summed E-state index contributed by atoms with van der Waals surface area (Å²) in [5.41, 5.74) is 0.310. The van der Waals surface area contributed by atoms with Crippen LogP contribution < -0.4 is 4.74 Å². The summed E-state index contributed by atoms with van der Waals surface area (Å²) in [6.45, 7) is 4.77. The highest BCUT2D eigenvalue weighted by Gasteiger charge is 2.33. The van der Waals surface area contributed by atoms with Crippen LogP contribution in [0.5, 0.6) is 5.75 Å². The minimum Gasteiger partial charge on any atom is -0.406 e. The van der Waals surface area contributed by atoms with Crippen LogP contribution in [-0.2, 0) is 4.79 Å².